The van der Waals surface area contributed by atoms with Gasteiger partial charge in [-0.3, -0.25) is 0 Å². The minimum Gasteiger partial charge on any atom is -0.489 e. The Bertz CT molecular complexity index is 841. The monoisotopic (exact) mass is 460 g/mol. The second kappa shape index (κ2) is 8.76. The van der Waals surface area contributed by atoms with Gasteiger partial charge >= 0.3 is 12.7 Å². The third-order valence-corrected chi connectivity index (χ3v) is 4.63. The Morgan fingerprint density at radius 1 is 1.39 bits per heavy atom. The van der Waals surface area contributed by atoms with E-state index in [0.717, 1.165) is 12.8 Å². The summed E-state index contributed by atoms with van der Waals surface area (Å²) in [5, 5.41) is 0.357. The summed E-state index contributed by atoms with van der Waals surface area (Å²) < 4.78 is 46.2. The summed E-state index contributed by atoms with van der Waals surface area (Å²) >= 11 is 3.31. The van der Waals surface area contributed by atoms with Crippen molar-refractivity contribution in [2.24, 2.45) is 11.7 Å². The molecule has 1 aliphatic rings. The van der Waals surface area contributed by atoms with Crippen LogP contribution in [0.25, 0.3) is 11.5 Å². The first-order valence-corrected chi connectivity index (χ1v) is 9.73. The number of aromatic nitrogens is 1. The maximum atomic E-state index is 12.7. The standard InChI is InChI=1S/C18H19BrF2N2O5/c1-9(26-18(22)24)15-12(7-19)23-16(28-15)11-4-5-13(27-17(20)21)14(6-11)25-8-10-2-3-10/h4-6,9-10,17H,2-3,7-8H2,1H3,(H2,22,24)/t9-/m0/s1. The molecule has 1 aliphatic carbocycles. The predicted octanol–water partition coefficient (Wildman–Crippen LogP) is 4.78. The van der Waals surface area contributed by atoms with E-state index in [1.165, 1.54) is 18.2 Å². The summed E-state index contributed by atoms with van der Waals surface area (Å²) in [5.41, 5.74) is 6.08. The summed E-state index contributed by atoms with van der Waals surface area (Å²) in [4.78, 5) is 15.4. The molecule has 1 amide bonds. The van der Waals surface area contributed by atoms with Gasteiger partial charge < -0.3 is 24.4 Å². The number of nitrogens with two attached hydrogens (primary N) is 1. The fourth-order valence-electron chi connectivity index (χ4n) is 2.57. The molecule has 0 bridgehead atoms. The smallest absolute Gasteiger partial charge is 0.405 e. The van der Waals surface area contributed by atoms with Gasteiger partial charge in [-0.2, -0.15) is 8.78 Å². The molecule has 152 valence electrons. The quantitative estimate of drug-likeness (QED) is 0.540. The van der Waals surface area contributed by atoms with Gasteiger partial charge in [-0.1, -0.05) is 15.9 Å². The number of carbonyl (C=O) groups excluding carboxylic acids is 1. The molecule has 0 aliphatic heterocycles. The second-order valence-corrected chi connectivity index (χ2v) is 6.90. The number of amides is 1. The van der Waals surface area contributed by atoms with Gasteiger partial charge in [0, 0.05) is 10.9 Å². The van der Waals surface area contributed by atoms with Crippen LogP contribution in [-0.4, -0.2) is 24.3 Å². The molecule has 1 aromatic carbocycles. The fourth-order valence-corrected chi connectivity index (χ4v) is 2.97. The summed E-state index contributed by atoms with van der Waals surface area (Å²) in [6.07, 6.45) is 0.439. The molecule has 0 spiro atoms. The molecule has 1 atom stereocenters. The minimum absolute atomic E-state index is 0.0580. The Balaban J connectivity index is 1.90. The molecule has 1 saturated carbocycles. The van der Waals surface area contributed by atoms with Crippen molar-refractivity contribution in [1.82, 2.24) is 4.98 Å². The van der Waals surface area contributed by atoms with Crippen LogP contribution in [0.15, 0.2) is 22.6 Å². The number of hydrogen-bond acceptors (Lipinski definition) is 6. The molecule has 28 heavy (non-hydrogen) atoms. The van der Waals surface area contributed by atoms with Gasteiger partial charge in [0.1, 0.15) is 0 Å². The van der Waals surface area contributed by atoms with Gasteiger partial charge in [-0.25, -0.2) is 9.78 Å². The van der Waals surface area contributed by atoms with Crippen molar-refractivity contribution in [2.75, 3.05) is 6.61 Å². The molecule has 2 aromatic rings. The van der Waals surface area contributed by atoms with E-state index in [0.29, 0.717) is 34.9 Å². The van der Waals surface area contributed by atoms with Gasteiger partial charge in [-0.05, 0) is 43.9 Å². The Morgan fingerprint density at radius 2 is 2.14 bits per heavy atom. The van der Waals surface area contributed by atoms with Crippen molar-refractivity contribution in [2.45, 2.75) is 37.8 Å². The normalized spacial score (nSPS) is 14.8. The number of primary amides is 1. The number of halogens is 3. The lowest BCUT2D eigenvalue weighted by Gasteiger charge is -2.13. The maximum absolute atomic E-state index is 12.7. The van der Waals surface area contributed by atoms with Gasteiger partial charge in [0.25, 0.3) is 0 Å². The van der Waals surface area contributed by atoms with E-state index in [1.54, 1.807) is 6.92 Å². The minimum atomic E-state index is -2.96. The third-order valence-electron chi connectivity index (χ3n) is 4.09. The van der Waals surface area contributed by atoms with E-state index >= 15 is 0 Å². The highest BCUT2D eigenvalue weighted by atomic mass is 79.9. The molecule has 1 fully saturated rings. The van der Waals surface area contributed by atoms with Crippen molar-refractivity contribution >= 4 is 22.0 Å². The zero-order chi connectivity index (χ0) is 20.3. The van der Waals surface area contributed by atoms with Crippen LogP contribution in [0.1, 0.15) is 37.3 Å². The number of benzene rings is 1. The molecule has 3 rings (SSSR count). The Labute approximate surface area is 168 Å². The first-order valence-electron chi connectivity index (χ1n) is 8.61. The highest BCUT2D eigenvalue weighted by Crippen LogP contribution is 2.37. The van der Waals surface area contributed by atoms with Crippen molar-refractivity contribution < 1.29 is 32.2 Å². The zero-order valence-corrected chi connectivity index (χ0v) is 16.6. The lowest BCUT2D eigenvalue weighted by atomic mass is 10.2. The summed E-state index contributed by atoms with van der Waals surface area (Å²) in [6, 6.07) is 4.45. The van der Waals surface area contributed by atoms with Crippen LogP contribution in [0, 0.1) is 5.92 Å². The van der Waals surface area contributed by atoms with Crippen molar-refractivity contribution in [3.8, 4) is 23.0 Å². The molecule has 1 heterocycles. The number of nitrogens with zero attached hydrogens (tertiary/aromatic N) is 1. The van der Waals surface area contributed by atoms with Gasteiger partial charge in [-0.15, -0.1) is 0 Å². The van der Waals surface area contributed by atoms with E-state index in [2.05, 4.69) is 25.7 Å². The van der Waals surface area contributed by atoms with Crippen LogP contribution >= 0.6 is 15.9 Å². The van der Waals surface area contributed by atoms with Crippen LogP contribution in [0.5, 0.6) is 11.5 Å². The molecule has 0 radical (unpaired) electrons. The number of ether oxygens (including phenoxy) is 3. The van der Waals surface area contributed by atoms with Crippen molar-refractivity contribution in [3.05, 3.63) is 29.7 Å². The van der Waals surface area contributed by atoms with E-state index in [-0.39, 0.29) is 17.4 Å². The van der Waals surface area contributed by atoms with Crippen molar-refractivity contribution in [3.63, 3.8) is 0 Å². The number of rotatable bonds is 9. The summed E-state index contributed by atoms with van der Waals surface area (Å²) in [5.74, 6) is 1.12. The van der Waals surface area contributed by atoms with E-state index in [4.69, 9.17) is 19.6 Å². The average molecular weight is 461 g/mol. The Hall–Kier alpha value is -2.36. The number of carbonyl (C=O) groups is 1. The molecule has 7 nitrogen and oxygen atoms in total. The zero-order valence-electron chi connectivity index (χ0n) is 15.0. The SMILES string of the molecule is C[C@H](OC(N)=O)c1oc(-c2ccc(OC(F)F)c(OCC3CC3)c2)nc1CBr. The van der Waals surface area contributed by atoms with Crippen LogP contribution < -0.4 is 15.2 Å². The predicted molar refractivity (Wildman–Crippen MR) is 98.5 cm³/mol. The highest BCUT2D eigenvalue weighted by Gasteiger charge is 2.25. The largest absolute Gasteiger partial charge is 0.489 e. The third kappa shape index (κ3) is 5.12. The number of hydrogen-bond donors (Lipinski definition) is 1. The summed E-state index contributed by atoms with van der Waals surface area (Å²) in [7, 11) is 0. The first kappa shape index (κ1) is 20.4. The van der Waals surface area contributed by atoms with E-state index in [1.807, 2.05) is 0 Å². The van der Waals surface area contributed by atoms with Crippen LogP contribution in [0.2, 0.25) is 0 Å². The molecule has 1 aromatic heterocycles. The average Bonchev–Trinajstić information content (AvgIpc) is 3.36. The molecule has 0 saturated heterocycles. The first-order chi connectivity index (χ1) is 13.4. The maximum Gasteiger partial charge on any atom is 0.405 e. The van der Waals surface area contributed by atoms with Crippen LogP contribution in [0.3, 0.4) is 0 Å². The van der Waals surface area contributed by atoms with Gasteiger partial charge in [0.2, 0.25) is 5.89 Å². The lowest BCUT2D eigenvalue weighted by molar-refractivity contribution is -0.0515. The fraction of sp³-hybridized carbons (Fsp3) is 0.444. The summed E-state index contributed by atoms with van der Waals surface area (Å²) in [6.45, 7) is -0.935. The highest BCUT2D eigenvalue weighted by molar-refractivity contribution is 9.08. The topological polar surface area (TPSA) is 96.8 Å². The van der Waals surface area contributed by atoms with Gasteiger partial charge in [0.05, 0.1) is 12.3 Å². The van der Waals surface area contributed by atoms with E-state index < -0.39 is 18.8 Å². The molecule has 10 heteroatoms. The molecule has 0 unspecified atom stereocenters. The molecular formula is C18H19BrF2N2O5. The number of alkyl halides is 3. The van der Waals surface area contributed by atoms with E-state index in [9.17, 15) is 13.6 Å². The van der Waals surface area contributed by atoms with Crippen LogP contribution in [-0.2, 0) is 10.1 Å². The molecule has 2 N–H and O–H groups in total. The number of oxazole rings is 1. The molecular weight excluding hydrogens is 442 g/mol. The Kier molecular flexibility index (Phi) is 6.38. The Morgan fingerprint density at radius 3 is 2.75 bits per heavy atom. The van der Waals surface area contributed by atoms with Crippen LogP contribution in [0.4, 0.5) is 13.6 Å². The lowest BCUT2D eigenvalue weighted by Crippen LogP contribution is -2.15. The second-order valence-electron chi connectivity index (χ2n) is 6.34. The van der Waals surface area contributed by atoms with Crippen molar-refractivity contribution in [1.29, 1.82) is 0 Å². The van der Waals surface area contributed by atoms with Gasteiger partial charge in [0.15, 0.2) is 23.4 Å².